The molecular formula is C12H13F3O2. The Morgan fingerprint density at radius 3 is 2.18 bits per heavy atom. The van der Waals surface area contributed by atoms with E-state index in [1.54, 1.807) is 20.8 Å². The van der Waals surface area contributed by atoms with Crippen molar-refractivity contribution in [1.29, 1.82) is 0 Å². The molecule has 2 nitrogen and oxygen atoms in total. The molecule has 17 heavy (non-hydrogen) atoms. The maximum Gasteiger partial charge on any atom is 0.311 e. The Kier molecular flexibility index (Phi) is 3.80. The second kappa shape index (κ2) is 4.77. The van der Waals surface area contributed by atoms with E-state index in [-0.39, 0.29) is 11.8 Å². The zero-order valence-corrected chi connectivity index (χ0v) is 9.81. The van der Waals surface area contributed by atoms with Gasteiger partial charge in [-0.3, -0.25) is 4.79 Å². The summed E-state index contributed by atoms with van der Waals surface area (Å²) in [6.07, 6.45) is 0.0471. The second-order valence-electron chi connectivity index (χ2n) is 4.91. The van der Waals surface area contributed by atoms with E-state index in [1.165, 1.54) is 0 Å². The Balaban J connectivity index is 2.82. The van der Waals surface area contributed by atoms with Crippen molar-refractivity contribution in [3.8, 4) is 5.75 Å². The Hall–Kier alpha value is -1.52. The maximum atomic E-state index is 13.1. The van der Waals surface area contributed by atoms with Crippen LogP contribution in [-0.2, 0) is 4.79 Å². The molecule has 1 rings (SSSR count). The molecule has 0 bridgehead atoms. The van der Waals surface area contributed by atoms with Gasteiger partial charge in [0, 0.05) is 12.1 Å². The van der Waals surface area contributed by atoms with E-state index in [9.17, 15) is 18.0 Å². The summed E-state index contributed by atoms with van der Waals surface area (Å²) in [5.41, 5.74) is -0.327. The highest BCUT2D eigenvalue weighted by atomic mass is 19.2. The summed E-state index contributed by atoms with van der Waals surface area (Å²) in [6, 6.07) is 0.861. The van der Waals surface area contributed by atoms with E-state index < -0.39 is 29.2 Å². The fraction of sp³-hybridized carbons (Fsp3) is 0.417. The van der Waals surface area contributed by atoms with Crippen LogP contribution in [0.3, 0.4) is 0 Å². The Labute approximate surface area is 97.4 Å². The average Bonchev–Trinajstić information content (AvgIpc) is 2.11. The van der Waals surface area contributed by atoms with E-state index in [0.29, 0.717) is 12.1 Å². The van der Waals surface area contributed by atoms with Crippen LogP contribution in [0, 0.1) is 22.9 Å². The first-order valence-corrected chi connectivity index (χ1v) is 5.04. The molecule has 0 aromatic heterocycles. The lowest BCUT2D eigenvalue weighted by Gasteiger charge is -2.16. The number of ether oxygens (including phenoxy) is 1. The van der Waals surface area contributed by atoms with Crippen LogP contribution in [0.15, 0.2) is 12.1 Å². The van der Waals surface area contributed by atoms with E-state index in [0.717, 1.165) is 0 Å². The van der Waals surface area contributed by atoms with Crippen molar-refractivity contribution in [3.05, 3.63) is 29.6 Å². The van der Waals surface area contributed by atoms with Gasteiger partial charge in [0.1, 0.15) is 0 Å². The fourth-order valence-corrected chi connectivity index (χ4v) is 1.17. The first kappa shape index (κ1) is 13.5. The van der Waals surface area contributed by atoms with Gasteiger partial charge in [-0.15, -0.1) is 0 Å². The molecule has 0 aliphatic carbocycles. The molecule has 0 aliphatic rings. The molecule has 0 amide bonds. The third-order valence-corrected chi connectivity index (χ3v) is 1.87. The van der Waals surface area contributed by atoms with Crippen LogP contribution in [0.2, 0.25) is 0 Å². The topological polar surface area (TPSA) is 26.3 Å². The standard InChI is InChI=1S/C12H13F3O2/c1-12(2,3)6-11(16)17-10-5-8(14)7(13)4-9(10)15/h4-5H,6H2,1-3H3. The molecule has 0 N–H and O–H groups in total. The van der Waals surface area contributed by atoms with Gasteiger partial charge in [-0.2, -0.15) is 0 Å². The largest absolute Gasteiger partial charge is 0.423 e. The van der Waals surface area contributed by atoms with Crippen molar-refractivity contribution >= 4 is 5.97 Å². The highest BCUT2D eigenvalue weighted by Gasteiger charge is 2.20. The fourth-order valence-electron chi connectivity index (χ4n) is 1.17. The van der Waals surface area contributed by atoms with E-state index in [2.05, 4.69) is 4.74 Å². The molecule has 1 aromatic rings. The minimum atomic E-state index is -1.32. The molecule has 0 saturated carbocycles. The molecule has 5 heteroatoms. The number of carbonyl (C=O) groups is 1. The molecule has 0 heterocycles. The van der Waals surface area contributed by atoms with Gasteiger partial charge in [0.05, 0.1) is 6.42 Å². The molecule has 0 radical (unpaired) electrons. The van der Waals surface area contributed by atoms with Gasteiger partial charge in [-0.1, -0.05) is 20.8 Å². The minimum absolute atomic E-state index is 0.0471. The average molecular weight is 246 g/mol. The highest BCUT2D eigenvalue weighted by Crippen LogP contribution is 2.24. The van der Waals surface area contributed by atoms with Crippen molar-refractivity contribution in [2.24, 2.45) is 5.41 Å². The minimum Gasteiger partial charge on any atom is -0.423 e. The SMILES string of the molecule is CC(C)(C)CC(=O)Oc1cc(F)c(F)cc1F. The molecule has 1 aromatic carbocycles. The number of rotatable bonds is 2. The third-order valence-electron chi connectivity index (χ3n) is 1.87. The third kappa shape index (κ3) is 4.09. The van der Waals surface area contributed by atoms with Gasteiger partial charge >= 0.3 is 5.97 Å². The Morgan fingerprint density at radius 1 is 1.12 bits per heavy atom. The predicted octanol–water partition coefficient (Wildman–Crippen LogP) is 3.45. The number of halogens is 3. The van der Waals surface area contributed by atoms with Crippen molar-refractivity contribution in [2.45, 2.75) is 27.2 Å². The van der Waals surface area contributed by atoms with Crippen LogP contribution < -0.4 is 4.74 Å². The van der Waals surface area contributed by atoms with E-state index in [1.807, 2.05) is 0 Å². The smallest absolute Gasteiger partial charge is 0.311 e. The van der Waals surface area contributed by atoms with Gasteiger partial charge in [0.2, 0.25) is 0 Å². The van der Waals surface area contributed by atoms with Gasteiger partial charge in [0.15, 0.2) is 23.2 Å². The highest BCUT2D eigenvalue weighted by molar-refractivity contribution is 5.73. The molecule has 0 aliphatic heterocycles. The zero-order chi connectivity index (χ0) is 13.2. The summed E-state index contributed by atoms with van der Waals surface area (Å²) < 4.78 is 43.2. The first-order chi connectivity index (χ1) is 7.69. The van der Waals surface area contributed by atoms with Crippen molar-refractivity contribution in [2.75, 3.05) is 0 Å². The second-order valence-corrected chi connectivity index (χ2v) is 4.91. The zero-order valence-electron chi connectivity index (χ0n) is 9.81. The maximum absolute atomic E-state index is 13.1. The summed E-state index contributed by atoms with van der Waals surface area (Å²) in [4.78, 5) is 11.4. The van der Waals surface area contributed by atoms with Crippen LogP contribution in [0.25, 0.3) is 0 Å². The van der Waals surface area contributed by atoms with Gasteiger partial charge < -0.3 is 4.74 Å². The van der Waals surface area contributed by atoms with Crippen LogP contribution in [-0.4, -0.2) is 5.97 Å². The number of benzene rings is 1. The molecule has 0 spiro atoms. The molecule has 0 saturated heterocycles. The summed E-state index contributed by atoms with van der Waals surface area (Å²) in [5.74, 6) is -4.98. The van der Waals surface area contributed by atoms with Crippen molar-refractivity contribution in [1.82, 2.24) is 0 Å². The van der Waals surface area contributed by atoms with Crippen molar-refractivity contribution in [3.63, 3.8) is 0 Å². The number of esters is 1. The monoisotopic (exact) mass is 246 g/mol. The predicted molar refractivity (Wildman–Crippen MR) is 56.0 cm³/mol. The summed E-state index contributed by atoms with van der Waals surface area (Å²) in [7, 11) is 0. The number of carbonyl (C=O) groups excluding carboxylic acids is 1. The quantitative estimate of drug-likeness (QED) is 0.454. The van der Waals surface area contributed by atoms with Crippen LogP contribution in [0.1, 0.15) is 27.2 Å². The normalized spacial score (nSPS) is 11.4. The van der Waals surface area contributed by atoms with Gasteiger partial charge in [-0.25, -0.2) is 13.2 Å². The molecule has 0 unspecified atom stereocenters. The van der Waals surface area contributed by atoms with Crippen LogP contribution >= 0.6 is 0 Å². The summed E-state index contributed by atoms with van der Waals surface area (Å²) in [6.45, 7) is 5.40. The Morgan fingerprint density at radius 2 is 1.65 bits per heavy atom. The Bertz CT molecular complexity index is 436. The van der Waals surface area contributed by atoms with E-state index in [4.69, 9.17) is 0 Å². The molecule has 94 valence electrons. The number of hydrogen-bond donors (Lipinski definition) is 0. The molecule has 0 atom stereocenters. The van der Waals surface area contributed by atoms with Gasteiger partial charge in [0.25, 0.3) is 0 Å². The number of hydrogen-bond acceptors (Lipinski definition) is 2. The van der Waals surface area contributed by atoms with Crippen LogP contribution in [0.5, 0.6) is 5.75 Å². The lowest BCUT2D eigenvalue weighted by molar-refractivity contribution is -0.136. The van der Waals surface area contributed by atoms with Crippen molar-refractivity contribution < 1.29 is 22.7 Å². The van der Waals surface area contributed by atoms with Crippen LogP contribution in [0.4, 0.5) is 13.2 Å². The summed E-state index contributed by atoms with van der Waals surface area (Å²) >= 11 is 0. The lowest BCUT2D eigenvalue weighted by atomic mass is 9.92. The molecular weight excluding hydrogens is 233 g/mol. The lowest BCUT2D eigenvalue weighted by Crippen LogP contribution is -2.18. The van der Waals surface area contributed by atoms with E-state index >= 15 is 0 Å². The first-order valence-electron chi connectivity index (χ1n) is 5.04. The molecule has 0 fully saturated rings. The summed E-state index contributed by atoms with van der Waals surface area (Å²) in [5, 5.41) is 0. The van der Waals surface area contributed by atoms with Gasteiger partial charge in [-0.05, 0) is 5.41 Å².